The van der Waals surface area contributed by atoms with E-state index in [9.17, 15) is 0 Å². The van der Waals surface area contributed by atoms with E-state index in [0.29, 0.717) is 6.04 Å². The molecule has 0 spiro atoms. The fourth-order valence-corrected chi connectivity index (χ4v) is 2.25. The first-order valence-electron chi connectivity index (χ1n) is 5.95. The van der Waals surface area contributed by atoms with Crippen molar-refractivity contribution in [1.29, 1.82) is 0 Å². The summed E-state index contributed by atoms with van der Waals surface area (Å²) in [6.07, 6.45) is 3.91. The fraction of sp³-hybridized carbons (Fsp3) is 0.500. The minimum Gasteiger partial charge on any atom is -0.291 e. The minimum atomic E-state index is 0.578. The first-order chi connectivity index (χ1) is 8.15. The summed E-state index contributed by atoms with van der Waals surface area (Å²) in [6.45, 7) is 6.41. The minimum absolute atomic E-state index is 0.578. The lowest BCUT2D eigenvalue weighted by Gasteiger charge is -2.19. The first kappa shape index (κ1) is 10.5. The maximum absolute atomic E-state index is 4.64. The van der Waals surface area contributed by atoms with E-state index >= 15 is 0 Å². The van der Waals surface area contributed by atoms with Crippen molar-refractivity contribution in [3.63, 3.8) is 0 Å². The van der Waals surface area contributed by atoms with Crippen LogP contribution in [0, 0.1) is 0 Å². The molecule has 0 atom stereocenters. The number of hydrogen-bond acceptors (Lipinski definition) is 3. The van der Waals surface area contributed by atoms with Gasteiger partial charge in [-0.3, -0.25) is 9.58 Å². The average molecular weight is 231 g/mol. The second-order valence-electron chi connectivity index (χ2n) is 4.86. The lowest BCUT2D eigenvalue weighted by molar-refractivity contribution is 0.224. The Labute approximate surface area is 101 Å². The summed E-state index contributed by atoms with van der Waals surface area (Å²) in [5.74, 6) is 1.01. The molecule has 0 N–H and O–H groups in total. The third-order valence-electron chi connectivity index (χ3n) is 3.36. The molecule has 1 aliphatic rings. The van der Waals surface area contributed by atoms with Crippen LogP contribution in [0.2, 0.25) is 0 Å². The second-order valence-corrected chi connectivity index (χ2v) is 4.86. The van der Waals surface area contributed by atoms with Crippen LogP contribution < -0.4 is 0 Å². The highest BCUT2D eigenvalue weighted by molar-refractivity contribution is 5.28. The molecule has 3 heterocycles. The molecule has 1 aliphatic heterocycles. The smallest absolute Gasteiger partial charge is 0.151 e. The predicted molar refractivity (Wildman–Crippen MR) is 64.7 cm³/mol. The molecular formula is C12H17N5. The van der Waals surface area contributed by atoms with Gasteiger partial charge in [0.2, 0.25) is 0 Å². The number of aryl methyl sites for hydroxylation is 1. The van der Waals surface area contributed by atoms with Crippen LogP contribution in [0.4, 0.5) is 0 Å². The Morgan fingerprint density at radius 3 is 2.71 bits per heavy atom. The standard InChI is InChI=1S/C12H17N5/c1-9(2)16-6-10-7-17(14-11(10)8-16)12-4-5-13-15(12)3/h4-5,7,9H,6,8H2,1-3H3. The Kier molecular flexibility index (Phi) is 2.29. The highest BCUT2D eigenvalue weighted by Gasteiger charge is 2.24. The van der Waals surface area contributed by atoms with Gasteiger partial charge in [0.15, 0.2) is 5.82 Å². The van der Waals surface area contributed by atoms with Crippen molar-refractivity contribution in [1.82, 2.24) is 24.5 Å². The molecule has 0 fully saturated rings. The van der Waals surface area contributed by atoms with Gasteiger partial charge in [-0.15, -0.1) is 0 Å². The van der Waals surface area contributed by atoms with Gasteiger partial charge in [-0.1, -0.05) is 0 Å². The van der Waals surface area contributed by atoms with Gasteiger partial charge in [0, 0.05) is 44.0 Å². The van der Waals surface area contributed by atoms with Crippen molar-refractivity contribution in [2.75, 3.05) is 0 Å². The summed E-state index contributed by atoms with van der Waals surface area (Å²) < 4.78 is 3.76. The quantitative estimate of drug-likeness (QED) is 0.782. The zero-order chi connectivity index (χ0) is 12.0. The van der Waals surface area contributed by atoms with Crippen LogP contribution in [-0.4, -0.2) is 30.5 Å². The molecule has 17 heavy (non-hydrogen) atoms. The Balaban J connectivity index is 1.90. The zero-order valence-corrected chi connectivity index (χ0v) is 10.5. The lowest BCUT2D eigenvalue weighted by Crippen LogP contribution is -2.25. The molecular weight excluding hydrogens is 214 g/mol. The lowest BCUT2D eigenvalue weighted by atomic mass is 10.3. The van der Waals surface area contributed by atoms with Gasteiger partial charge in [-0.2, -0.15) is 10.2 Å². The molecule has 2 aromatic heterocycles. The summed E-state index contributed by atoms with van der Waals surface area (Å²) in [7, 11) is 1.93. The van der Waals surface area contributed by atoms with Crippen LogP contribution in [0.1, 0.15) is 25.1 Å². The van der Waals surface area contributed by atoms with Crippen LogP contribution in [0.5, 0.6) is 0 Å². The molecule has 2 aromatic rings. The van der Waals surface area contributed by atoms with Crippen molar-refractivity contribution >= 4 is 0 Å². The maximum Gasteiger partial charge on any atom is 0.151 e. The Morgan fingerprint density at radius 1 is 1.29 bits per heavy atom. The topological polar surface area (TPSA) is 38.9 Å². The fourth-order valence-electron chi connectivity index (χ4n) is 2.25. The SMILES string of the molecule is CC(C)N1Cc2cn(-c3ccnn3C)nc2C1. The summed E-state index contributed by atoms with van der Waals surface area (Å²) in [5.41, 5.74) is 2.53. The maximum atomic E-state index is 4.64. The third-order valence-corrected chi connectivity index (χ3v) is 3.36. The number of rotatable bonds is 2. The van der Waals surface area contributed by atoms with E-state index in [1.807, 2.05) is 22.5 Å². The van der Waals surface area contributed by atoms with Gasteiger partial charge in [-0.25, -0.2) is 4.68 Å². The van der Waals surface area contributed by atoms with E-state index in [2.05, 4.69) is 35.1 Å². The summed E-state index contributed by atoms with van der Waals surface area (Å²) in [6, 6.07) is 2.55. The number of nitrogens with zero attached hydrogens (tertiary/aromatic N) is 5. The Hall–Kier alpha value is -1.62. The van der Waals surface area contributed by atoms with Crippen LogP contribution in [-0.2, 0) is 20.1 Å². The molecule has 5 nitrogen and oxygen atoms in total. The highest BCUT2D eigenvalue weighted by Crippen LogP contribution is 2.24. The van der Waals surface area contributed by atoms with Crippen LogP contribution in [0.15, 0.2) is 18.5 Å². The van der Waals surface area contributed by atoms with Crippen molar-refractivity contribution < 1.29 is 0 Å². The van der Waals surface area contributed by atoms with E-state index in [-0.39, 0.29) is 0 Å². The number of fused-ring (bicyclic) bond motifs is 1. The van der Waals surface area contributed by atoms with Crippen molar-refractivity contribution in [2.45, 2.75) is 33.0 Å². The molecule has 90 valence electrons. The van der Waals surface area contributed by atoms with Crippen molar-refractivity contribution in [2.24, 2.45) is 7.05 Å². The molecule has 0 saturated heterocycles. The van der Waals surface area contributed by atoms with Crippen LogP contribution in [0.25, 0.3) is 5.82 Å². The van der Waals surface area contributed by atoms with Gasteiger partial charge >= 0.3 is 0 Å². The molecule has 5 heteroatoms. The number of hydrogen-bond donors (Lipinski definition) is 0. The van der Waals surface area contributed by atoms with Crippen LogP contribution in [0.3, 0.4) is 0 Å². The van der Waals surface area contributed by atoms with Crippen molar-refractivity contribution in [3.05, 3.63) is 29.7 Å². The molecule has 0 aromatic carbocycles. The van der Waals surface area contributed by atoms with E-state index in [0.717, 1.165) is 18.9 Å². The molecule has 0 radical (unpaired) electrons. The summed E-state index contributed by atoms with van der Waals surface area (Å²) in [5, 5.41) is 8.81. The Morgan fingerprint density at radius 2 is 2.12 bits per heavy atom. The normalized spacial score (nSPS) is 15.8. The monoisotopic (exact) mass is 231 g/mol. The molecule has 0 amide bonds. The van der Waals surface area contributed by atoms with E-state index in [1.54, 1.807) is 6.20 Å². The molecule has 0 aliphatic carbocycles. The molecule has 0 bridgehead atoms. The Bertz CT molecular complexity index is 513. The number of aromatic nitrogens is 4. The van der Waals surface area contributed by atoms with Crippen LogP contribution >= 0.6 is 0 Å². The molecule has 0 unspecified atom stereocenters. The van der Waals surface area contributed by atoms with E-state index in [4.69, 9.17) is 0 Å². The largest absolute Gasteiger partial charge is 0.291 e. The third kappa shape index (κ3) is 1.67. The van der Waals surface area contributed by atoms with Crippen molar-refractivity contribution in [3.8, 4) is 5.82 Å². The van der Waals surface area contributed by atoms with E-state index in [1.165, 1.54) is 11.3 Å². The highest BCUT2D eigenvalue weighted by atomic mass is 15.4. The second kappa shape index (κ2) is 3.70. The van der Waals surface area contributed by atoms with Gasteiger partial charge in [0.05, 0.1) is 11.9 Å². The molecule has 3 rings (SSSR count). The van der Waals surface area contributed by atoms with Gasteiger partial charge in [0.1, 0.15) is 0 Å². The average Bonchev–Trinajstić information content (AvgIpc) is 2.88. The summed E-state index contributed by atoms with van der Waals surface area (Å²) >= 11 is 0. The van der Waals surface area contributed by atoms with Gasteiger partial charge in [0.25, 0.3) is 0 Å². The van der Waals surface area contributed by atoms with Gasteiger partial charge < -0.3 is 0 Å². The molecule has 0 saturated carbocycles. The zero-order valence-electron chi connectivity index (χ0n) is 10.5. The predicted octanol–water partition coefficient (Wildman–Crippen LogP) is 1.33. The summed E-state index contributed by atoms with van der Waals surface area (Å²) in [4.78, 5) is 2.42. The van der Waals surface area contributed by atoms with E-state index < -0.39 is 0 Å². The first-order valence-corrected chi connectivity index (χ1v) is 5.95. The van der Waals surface area contributed by atoms with Gasteiger partial charge in [-0.05, 0) is 13.8 Å².